The summed E-state index contributed by atoms with van der Waals surface area (Å²) in [5, 5.41) is 0. The first-order valence-corrected chi connectivity index (χ1v) is 12.5. The third kappa shape index (κ3) is 4.85. The average molecular weight is 435 g/mol. The second-order valence-corrected chi connectivity index (χ2v) is 11.2. The summed E-state index contributed by atoms with van der Waals surface area (Å²) >= 11 is 0. The van der Waals surface area contributed by atoms with Gasteiger partial charge in [0.2, 0.25) is 0 Å². The second-order valence-electron chi connectivity index (χ2n) is 11.2. The molecule has 0 aromatic carbocycles. The number of rotatable bonds is 3. The number of alkyl halides is 5. The fourth-order valence-electron chi connectivity index (χ4n) is 7.51. The van der Waals surface area contributed by atoms with Crippen LogP contribution in [0.15, 0.2) is 0 Å². The molecule has 0 heterocycles. The van der Waals surface area contributed by atoms with E-state index in [1.165, 1.54) is 38.5 Å². The number of halogens is 5. The van der Waals surface area contributed by atoms with E-state index in [9.17, 15) is 13.2 Å². The normalized spacial score (nSPS) is 53.4. The highest BCUT2D eigenvalue weighted by Gasteiger charge is 2.49. The molecule has 4 aliphatic carbocycles. The van der Waals surface area contributed by atoms with E-state index >= 15 is 8.78 Å². The molecule has 4 unspecified atom stereocenters. The topological polar surface area (TPSA) is 0 Å². The van der Waals surface area contributed by atoms with Gasteiger partial charge < -0.3 is 0 Å². The fourth-order valence-corrected chi connectivity index (χ4v) is 7.51. The largest absolute Gasteiger partial charge is 0.247 e. The molecule has 4 atom stereocenters. The van der Waals surface area contributed by atoms with Crippen LogP contribution in [-0.4, -0.2) is 30.9 Å². The van der Waals surface area contributed by atoms with E-state index < -0.39 is 42.7 Å². The van der Waals surface area contributed by atoms with Crippen molar-refractivity contribution in [1.29, 1.82) is 0 Å². The van der Waals surface area contributed by atoms with E-state index in [1.54, 1.807) is 0 Å². The van der Waals surface area contributed by atoms with E-state index in [0.29, 0.717) is 18.8 Å². The predicted molar refractivity (Wildman–Crippen MR) is 110 cm³/mol. The molecule has 30 heavy (non-hydrogen) atoms. The van der Waals surface area contributed by atoms with Gasteiger partial charge in [0.1, 0.15) is 24.7 Å². The first-order valence-electron chi connectivity index (χ1n) is 12.5. The van der Waals surface area contributed by atoms with Crippen molar-refractivity contribution < 1.29 is 22.0 Å². The van der Waals surface area contributed by atoms with Gasteiger partial charge in [-0.2, -0.15) is 0 Å². The molecule has 0 saturated heterocycles. The van der Waals surface area contributed by atoms with Crippen molar-refractivity contribution in [2.75, 3.05) is 0 Å². The zero-order chi connectivity index (χ0) is 21.4. The van der Waals surface area contributed by atoms with Crippen molar-refractivity contribution in [2.45, 2.75) is 115 Å². The summed E-state index contributed by atoms with van der Waals surface area (Å²) in [7, 11) is 0. The van der Waals surface area contributed by atoms with Crippen LogP contribution in [0.1, 0.15) is 84.0 Å². The van der Waals surface area contributed by atoms with Crippen molar-refractivity contribution in [2.24, 2.45) is 41.4 Å². The molecule has 0 aromatic rings. The highest BCUT2D eigenvalue weighted by Crippen LogP contribution is 2.50. The molecule has 0 bridgehead atoms. The number of hydrogen-bond acceptors (Lipinski definition) is 0. The zero-order valence-corrected chi connectivity index (χ0v) is 18.3. The van der Waals surface area contributed by atoms with E-state index in [0.717, 1.165) is 30.6 Å². The minimum Gasteiger partial charge on any atom is -0.247 e. The van der Waals surface area contributed by atoms with Gasteiger partial charge in [0.25, 0.3) is 0 Å². The van der Waals surface area contributed by atoms with Crippen LogP contribution in [0.5, 0.6) is 0 Å². The van der Waals surface area contributed by atoms with E-state index in [1.807, 2.05) is 0 Å². The van der Waals surface area contributed by atoms with Crippen LogP contribution in [0.3, 0.4) is 0 Å². The predicted octanol–water partition coefficient (Wildman–Crippen LogP) is 7.75. The van der Waals surface area contributed by atoms with Gasteiger partial charge in [-0.3, -0.25) is 0 Å². The number of hydrogen-bond donors (Lipinski definition) is 0. The molecule has 0 aliphatic heterocycles. The van der Waals surface area contributed by atoms with Crippen LogP contribution in [0, 0.1) is 41.4 Å². The fraction of sp³-hybridized carbons (Fsp3) is 1.00. The summed E-state index contributed by atoms with van der Waals surface area (Å²) in [4.78, 5) is 0. The highest BCUT2D eigenvalue weighted by molar-refractivity contribution is 4.98. The lowest BCUT2D eigenvalue weighted by Crippen LogP contribution is -2.47. The lowest BCUT2D eigenvalue weighted by atomic mass is 9.62. The molecule has 4 fully saturated rings. The molecule has 4 saturated carbocycles. The Balaban J connectivity index is 1.29. The van der Waals surface area contributed by atoms with Gasteiger partial charge in [-0.15, -0.1) is 0 Å². The van der Waals surface area contributed by atoms with Crippen molar-refractivity contribution >= 4 is 0 Å². The van der Waals surface area contributed by atoms with Gasteiger partial charge in [-0.05, 0) is 99.7 Å². The van der Waals surface area contributed by atoms with Crippen molar-refractivity contribution in [3.8, 4) is 0 Å². The van der Waals surface area contributed by atoms with Crippen LogP contribution in [0.4, 0.5) is 22.0 Å². The minimum atomic E-state index is -2.14. The SMILES string of the molecule is CC1CCC(C2CCC(C3CC(F)C(C4CC(F)C(F)C(F)C4)C(F)C3)CC2)CC1. The van der Waals surface area contributed by atoms with E-state index in [4.69, 9.17) is 0 Å². The third-order valence-corrected chi connectivity index (χ3v) is 9.39. The second kappa shape index (κ2) is 9.65. The Hall–Kier alpha value is -0.350. The van der Waals surface area contributed by atoms with Crippen molar-refractivity contribution in [3.63, 3.8) is 0 Å². The van der Waals surface area contributed by atoms with Crippen LogP contribution in [0.25, 0.3) is 0 Å². The summed E-state index contributed by atoms with van der Waals surface area (Å²) < 4.78 is 71.2. The lowest BCUT2D eigenvalue weighted by Gasteiger charge is -2.45. The molecular weight excluding hydrogens is 395 g/mol. The van der Waals surface area contributed by atoms with Crippen LogP contribution >= 0.6 is 0 Å². The molecule has 4 aliphatic rings. The Morgan fingerprint density at radius 3 is 1.27 bits per heavy atom. The van der Waals surface area contributed by atoms with Gasteiger partial charge in [0.05, 0.1) is 0 Å². The van der Waals surface area contributed by atoms with E-state index in [-0.39, 0.29) is 18.8 Å². The maximum absolute atomic E-state index is 15.1. The molecule has 0 radical (unpaired) electrons. The summed E-state index contributed by atoms with van der Waals surface area (Å²) in [5.74, 6) is 1.21. The summed E-state index contributed by atoms with van der Waals surface area (Å²) in [6.07, 6.45) is 1.25. The summed E-state index contributed by atoms with van der Waals surface area (Å²) in [5.41, 5.74) is 0. The molecule has 0 amide bonds. The van der Waals surface area contributed by atoms with Crippen LogP contribution in [-0.2, 0) is 0 Å². The molecule has 174 valence electrons. The van der Waals surface area contributed by atoms with Gasteiger partial charge in [-0.25, -0.2) is 22.0 Å². The van der Waals surface area contributed by atoms with Gasteiger partial charge in [0, 0.05) is 5.92 Å². The third-order valence-electron chi connectivity index (χ3n) is 9.39. The Morgan fingerprint density at radius 2 is 0.800 bits per heavy atom. The standard InChI is InChI=1S/C25H39F5/c1-14-2-4-15(5-3-14)16-6-8-17(9-7-16)18-10-20(26)24(21(27)11-18)19-12-22(28)25(30)23(29)13-19/h14-25H,2-13H2,1H3. The maximum Gasteiger partial charge on any atom is 0.162 e. The summed E-state index contributed by atoms with van der Waals surface area (Å²) in [6.45, 7) is 2.34. The monoisotopic (exact) mass is 434 g/mol. The van der Waals surface area contributed by atoms with Gasteiger partial charge >= 0.3 is 0 Å². The van der Waals surface area contributed by atoms with Gasteiger partial charge in [-0.1, -0.05) is 19.8 Å². The zero-order valence-electron chi connectivity index (χ0n) is 18.3. The smallest absolute Gasteiger partial charge is 0.162 e. The minimum absolute atomic E-state index is 0.0402. The molecule has 0 nitrogen and oxygen atoms in total. The van der Waals surface area contributed by atoms with Crippen LogP contribution in [0.2, 0.25) is 0 Å². The Bertz CT molecular complexity index is 516. The van der Waals surface area contributed by atoms with Crippen molar-refractivity contribution in [1.82, 2.24) is 0 Å². The Kier molecular flexibility index (Phi) is 7.34. The molecule has 4 rings (SSSR count). The Labute approximate surface area is 178 Å². The summed E-state index contributed by atoms with van der Waals surface area (Å²) in [6, 6.07) is 0. The maximum atomic E-state index is 15.1. The first kappa shape index (κ1) is 22.8. The average Bonchev–Trinajstić information content (AvgIpc) is 2.72. The van der Waals surface area contributed by atoms with E-state index in [2.05, 4.69) is 6.92 Å². The van der Waals surface area contributed by atoms with Crippen molar-refractivity contribution in [3.05, 3.63) is 0 Å². The van der Waals surface area contributed by atoms with Gasteiger partial charge in [0.15, 0.2) is 6.17 Å². The Morgan fingerprint density at radius 1 is 0.433 bits per heavy atom. The molecule has 0 aromatic heterocycles. The first-order chi connectivity index (χ1) is 14.3. The molecular formula is C25H39F5. The van der Waals surface area contributed by atoms with Crippen LogP contribution < -0.4 is 0 Å². The quantitative estimate of drug-likeness (QED) is 0.398. The highest BCUT2D eigenvalue weighted by atomic mass is 19.2. The molecule has 0 N–H and O–H groups in total. The molecule has 0 spiro atoms. The lowest BCUT2D eigenvalue weighted by molar-refractivity contribution is -0.0596. The molecule has 5 heteroatoms.